The largest absolute Gasteiger partial charge is 0.480 e. The molecule has 1 aliphatic rings. The second kappa shape index (κ2) is 20.4. The molecule has 0 saturated carbocycles. The summed E-state index contributed by atoms with van der Waals surface area (Å²) >= 11 is 0. The molecule has 0 radical (unpaired) electrons. The lowest BCUT2D eigenvalue weighted by Gasteiger charge is -2.29. The van der Waals surface area contributed by atoms with Crippen molar-refractivity contribution in [2.24, 2.45) is 0 Å². The van der Waals surface area contributed by atoms with Gasteiger partial charge in [-0.05, 0) is 97.4 Å². The number of nitrogens with one attached hydrogen (secondary N) is 2. The Kier molecular flexibility index (Phi) is 16.6. The van der Waals surface area contributed by atoms with E-state index in [2.05, 4.69) is 10.6 Å². The van der Waals surface area contributed by atoms with Crippen LogP contribution < -0.4 is 10.6 Å². The first-order valence-electron chi connectivity index (χ1n) is 19.2. The standard InChI is InChI=1S/C42H60N4O11/c1-40(2,3)55-35(48)24-45(21-22-46(25-36(49)56-41(4,5)6)26-37(50)57-42(7,8)9)23-34(47)43-20-14-19-33(38(51)52)44-39(53)54-27-32-30-17-12-10-15-28(30)29-16-11-13-18-31(29)32/h10-13,15-18,32-33H,14,19-27H2,1-9H3,(H,43,47)(H,44,53)(H,51,52)/t33-/m0/s1. The fraction of sp³-hybridized carbons (Fsp3) is 0.571. The summed E-state index contributed by atoms with van der Waals surface area (Å²) in [5.74, 6) is -3.59. The zero-order valence-electron chi connectivity index (χ0n) is 34.8. The third-order valence-electron chi connectivity index (χ3n) is 8.34. The number of nitrogens with zero attached hydrogens (tertiary/aromatic N) is 2. The quantitative estimate of drug-likeness (QED) is 0.102. The third-order valence-corrected chi connectivity index (χ3v) is 8.34. The van der Waals surface area contributed by atoms with Gasteiger partial charge in [-0.15, -0.1) is 0 Å². The number of aliphatic carboxylic acids is 1. The number of carbonyl (C=O) groups is 6. The molecule has 15 heteroatoms. The Balaban J connectivity index is 1.56. The lowest BCUT2D eigenvalue weighted by molar-refractivity contribution is -0.161. The van der Waals surface area contributed by atoms with Gasteiger partial charge < -0.3 is 34.7 Å². The van der Waals surface area contributed by atoms with Crippen LogP contribution in [0.25, 0.3) is 11.1 Å². The number of carboxylic acids is 1. The van der Waals surface area contributed by atoms with E-state index in [1.165, 1.54) is 9.80 Å². The second-order valence-electron chi connectivity index (χ2n) is 17.0. The number of hydrogen-bond donors (Lipinski definition) is 3. The fourth-order valence-electron chi connectivity index (χ4n) is 6.21. The zero-order valence-corrected chi connectivity index (χ0v) is 34.8. The Bertz CT molecular complexity index is 1650. The van der Waals surface area contributed by atoms with Gasteiger partial charge >= 0.3 is 30.0 Å². The Morgan fingerprint density at radius 3 is 1.51 bits per heavy atom. The van der Waals surface area contributed by atoms with E-state index in [1.807, 2.05) is 48.5 Å². The molecule has 0 bridgehead atoms. The van der Waals surface area contributed by atoms with Gasteiger partial charge in [-0.3, -0.25) is 29.0 Å². The molecule has 57 heavy (non-hydrogen) atoms. The van der Waals surface area contributed by atoms with Gasteiger partial charge in [0.25, 0.3) is 0 Å². The predicted octanol–water partition coefficient (Wildman–Crippen LogP) is 4.50. The average Bonchev–Trinajstić information content (AvgIpc) is 3.38. The van der Waals surface area contributed by atoms with E-state index in [0.29, 0.717) is 0 Å². The lowest BCUT2D eigenvalue weighted by Crippen LogP contribution is -2.47. The van der Waals surface area contributed by atoms with Gasteiger partial charge in [0.05, 0.1) is 26.2 Å². The number of hydrogen-bond acceptors (Lipinski definition) is 12. The van der Waals surface area contributed by atoms with Crippen molar-refractivity contribution in [2.45, 2.75) is 104 Å². The maximum atomic E-state index is 13.1. The lowest BCUT2D eigenvalue weighted by atomic mass is 9.98. The number of esters is 3. The first-order chi connectivity index (χ1) is 26.5. The van der Waals surface area contributed by atoms with Crippen molar-refractivity contribution in [1.29, 1.82) is 0 Å². The van der Waals surface area contributed by atoms with Crippen molar-refractivity contribution in [2.75, 3.05) is 52.4 Å². The number of benzene rings is 2. The van der Waals surface area contributed by atoms with Crippen molar-refractivity contribution in [3.8, 4) is 11.1 Å². The van der Waals surface area contributed by atoms with Crippen molar-refractivity contribution in [1.82, 2.24) is 20.4 Å². The summed E-state index contributed by atoms with van der Waals surface area (Å²) in [6, 6.07) is 14.5. The molecule has 0 aliphatic heterocycles. The number of carboxylic acid groups (broad SMARTS) is 1. The van der Waals surface area contributed by atoms with Gasteiger partial charge in [-0.1, -0.05) is 48.5 Å². The fourth-order valence-corrected chi connectivity index (χ4v) is 6.21. The third kappa shape index (κ3) is 16.9. The van der Waals surface area contributed by atoms with E-state index in [9.17, 15) is 33.9 Å². The van der Waals surface area contributed by atoms with Gasteiger partial charge in [0, 0.05) is 25.6 Å². The van der Waals surface area contributed by atoms with Crippen LogP contribution in [0.4, 0.5) is 4.79 Å². The minimum absolute atomic E-state index is 0.00568. The van der Waals surface area contributed by atoms with Crippen molar-refractivity contribution >= 4 is 35.9 Å². The van der Waals surface area contributed by atoms with Crippen LogP contribution in [0.3, 0.4) is 0 Å². The minimum Gasteiger partial charge on any atom is -0.480 e. The Morgan fingerprint density at radius 2 is 1.09 bits per heavy atom. The van der Waals surface area contributed by atoms with Crippen LogP contribution in [0.2, 0.25) is 0 Å². The first-order valence-corrected chi connectivity index (χ1v) is 19.2. The van der Waals surface area contributed by atoms with Crippen molar-refractivity contribution < 1.29 is 52.8 Å². The molecule has 15 nitrogen and oxygen atoms in total. The van der Waals surface area contributed by atoms with E-state index in [1.54, 1.807) is 62.3 Å². The molecule has 0 saturated heterocycles. The molecule has 2 aromatic rings. The van der Waals surface area contributed by atoms with E-state index in [0.717, 1.165) is 22.3 Å². The van der Waals surface area contributed by atoms with Gasteiger partial charge in [0.2, 0.25) is 5.91 Å². The molecular formula is C42H60N4O11. The molecule has 3 N–H and O–H groups in total. The average molecular weight is 797 g/mol. The normalized spacial score (nSPS) is 13.3. The van der Waals surface area contributed by atoms with Gasteiger partial charge in [0.1, 0.15) is 29.5 Å². The zero-order chi connectivity index (χ0) is 42.6. The van der Waals surface area contributed by atoms with Crippen molar-refractivity contribution in [3.05, 3.63) is 59.7 Å². The van der Waals surface area contributed by atoms with Gasteiger partial charge in [-0.2, -0.15) is 0 Å². The molecule has 2 amide bonds. The number of alkyl carbamates (subject to hydrolysis) is 1. The highest BCUT2D eigenvalue weighted by Crippen LogP contribution is 2.44. The van der Waals surface area contributed by atoms with Crippen LogP contribution >= 0.6 is 0 Å². The highest BCUT2D eigenvalue weighted by molar-refractivity contribution is 5.82. The Labute approximate surface area is 335 Å². The molecule has 0 heterocycles. The molecule has 1 atom stereocenters. The van der Waals surface area contributed by atoms with E-state index < -0.39 is 58.7 Å². The summed E-state index contributed by atoms with van der Waals surface area (Å²) < 4.78 is 21.9. The molecule has 3 rings (SSSR count). The molecule has 0 aromatic heterocycles. The first kappa shape index (κ1) is 46.4. The predicted molar refractivity (Wildman–Crippen MR) is 212 cm³/mol. The van der Waals surface area contributed by atoms with Gasteiger partial charge in [-0.25, -0.2) is 9.59 Å². The van der Waals surface area contributed by atoms with Gasteiger partial charge in [0.15, 0.2) is 0 Å². The van der Waals surface area contributed by atoms with Crippen LogP contribution in [0.5, 0.6) is 0 Å². The molecular weight excluding hydrogens is 736 g/mol. The topological polar surface area (TPSA) is 190 Å². The van der Waals surface area contributed by atoms with Crippen LogP contribution in [0, 0.1) is 0 Å². The smallest absolute Gasteiger partial charge is 0.407 e. The van der Waals surface area contributed by atoms with Crippen LogP contribution in [0.1, 0.15) is 92.2 Å². The van der Waals surface area contributed by atoms with E-state index in [-0.39, 0.29) is 71.2 Å². The Hall–Kier alpha value is -5.02. The molecule has 1 aliphatic carbocycles. The summed E-state index contributed by atoms with van der Waals surface area (Å²) in [4.78, 5) is 79.2. The summed E-state index contributed by atoms with van der Waals surface area (Å²) in [7, 11) is 0. The van der Waals surface area contributed by atoms with Crippen LogP contribution in [-0.2, 0) is 42.9 Å². The maximum absolute atomic E-state index is 13.1. The summed E-state index contributed by atoms with van der Waals surface area (Å²) in [6.45, 7) is 14.8. The molecule has 0 fully saturated rings. The number of carbonyl (C=O) groups excluding carboxylic acids is 5. The number of rotatable bonds is 19. The highest BCUT2D eigenvalue weighted by Gasteiger charge is 2.30. The van der Waals surface area contributed by atoms with Crippen LogP contribution in [0.15, 0.2) is 48.5 Å². The summed E-state index contributed by atoms with van der Waals surface area (Å²) in [5, 5.41) is 15.0. The molecule has 0 spiro atoms. The van der Waals surface area contributed by atoms with Crippen LogP contribution in [-0.4, -0.2) is 126 Å². The number of fused-ring (bicyclic) bond motifs is 3. The summed E-state index contributed by atoms with van der Waals surface area (Å²) in [6.07, 6.45) is -0.651. The van der Waals surface area contributed by atoms with Crippen molar-refractivity contribution in [3.63, 3.8) is 0 Å². The summed E-state index contributed by atoms with van der Waals surface area (Å²) in [5.41, 5.74) is 1.91. The molecule has 0 unspecified atom stereocenters. The van der Waals surface area contributed by atoms with E-state index in [4.69, 9.17) is 18.9 Å². The highest BCUT2D eigenvalue weighted by atomic mass is 16.6. The SMILES string of the molecule is CC(C)(C)OC(=O)CN(CCN(CC(=O)OC(C)(C)C)CC(=O)OC(C)(C)C)CC(=O)NCCC[C@H](NC(=O)OCC1c2ccccc2-c2ccccc21)C(=O)O. The second-order valence-corrected chi connectivity index (χ2v) is 17.0. The number of amides is 2. The maximum Gasteiger partial charge on any atom is 0.407 e. The number of ether oxygens (including phenoxy) is 4. The minimum atomic E-state index is -1.26. The van der Waals surface area contributed by atoms with E-state index >= 15 is 0 Å². The monoisotopic (exact) mass is 796 g/mol. The Morgan fingerprint density at radius 1 is 0.667 bits per heavy atom. The molecule has 2 aromatic carbocycles. The molecule has 314 valence electrons.